The average molecular weight is 466 g/mol. The zero-order valence-corrected chi connectivity index (χ0v) is 19.1. The van der Waals surface area contributed by atoms with Gasteiger partial charge in [0, 0.05) is 24.4 Å². The highest BCUT2D eigenvalue weighted by Gasteiger charge is 2.20. The second kappa shape index (κ2) is 8.97. The van der Waals surface area contributed by atoms with E-state index in [9.17, 15) is 14.0 Å². The van der Waals surface area contributed by atoms with Gasteiger partial charge in [-0.25, -0.2) is 4.39 Å². The number of nitrogens with one attached hydrogen (secondary N) is 1. The van der Waals surface area contributed by atoms with Crippen molar-refractivity contribution in [2.24, 2.45) is 7.05 Å². The Kier molecular flexibility index (Phi) is 5.88. The first-order chi connectivity index (χ1) is 16.0. The fraction of sp³-hybridized carbons (Fsp3) is 0.333. The van der Waals surface area contributed by atoms with Gasteiger partial charge in [-0.2, -0.15) is 0 Å². The number of fused-ring (bicyclic) bond motifs is 3. The van der Waals surface area contributed by atoms with Crippen LogP contribution in [0, 0.1) is 5.82 Å². The largest absolute Gasteiger partial charge is 0.349 e. The molecule has 0 atom stereocenters. The number of amides is 1. The van der Waals surface area contributed by atoms with E-state index in [4.69, 9.17) is 0 Å². The van der Waals surface area contributed by atoms with E-state index >= 15 is 0 Å². The fourth-order valence-electron chi connectivity index (χ4n) is 4.37. The van der Waals surface area contributed by atoms with Crippen LogP contribution >= 0.6 is 11.8 Å². The Morgan fingerprint density at radius 1 is 1.15 bits per heavy atom. The molecule has 170 valence electrons. The van der Waals surface area contributed by atoms with Gasteiger partial charge in [-0.15, -0.1) is 10.2 Å². The summed E-state index contributed by atoms with van der Waals surface area (Å²) in [6.45, 7) is 0. The maximum absolute atomic E-state index is 14.1. The number of halogens is 1. The number of carbonyl (C=O) groups excluding carboxylic acids is 1. The lowest BCUT2D eigenvalue weighted by atomic mass is 9.95. The predicted molar refractivity (Wildman–Crippen MR) is 126 cm³/mol. The molecule has 33 heavy (non-hydrogen) atoms. The van der Waals surface area contributed by atoms with Crippen LogP contribution in [0.5, 0.6) is 0 Å². The fourth-order valence-corrected chi connectivity index (χ4v) is 5.29. The Bertz CT molecular complexity index is 1410. The van der Waals surface area contributed by atoms with Crippen LogP contribution < -0.4 is 10.9 Å². The van der Waals surface area contributed by atoms with E-state index in [2.05, 4.69) is 15.5 Å². The van der Waals surface area contributed by atoms with E-state index in [1.165, 1.54) is 28.8 Å². The number of aromatic nitrogens is 4. The second-order valence-electron chi connectivity index (χ2n) is 8.40. The molecular weight excluding hydrogens is 441 g/mol. The molecule has 2 heterocycles. The number of aryl methyl sites for hydroxylation is 1. The summed E-state index contributed by atoms with van der Waals surface area (Å²) in [5.74, 6) is 0.303. The van der Waals surface area contributed by atoms with Gasteiger partial charge in [0.2, 0.25) is 5.78 Å². The molecule has 1 aliphatic carbocycles. The van der Waals surface area contributed by atoms with E-state index in [1.807, 2.05) is 0 Å². The standard InChI is InChI=1S/C24H24FN5O2S/c1-29-22(32)18-12-11-15(21(31)26-17-8-3-2-4-9-17)13-20(18)30-23(29)27-28-24(30)33-14-16-7-5-6-10-19(16)25/h5-7,10-13,17H,2-4,8-9,14H2,1H3,(H,26,31). The molecule has 7 nitrogen and oxygen atoms in total. The normalized spacial score (nSPS) is 14.7. The van der Waals surface area contributed by atoms with Crippen LogP contribution in [0.4, 0.5) is 4.39 Å². The van der Waals surface area contributed by atoms with Gasteiger partial charge in [0.1, 0.15) is 5.82 Å². The number of hydrogen-bond donors (Lipinski definition) is 1. The highest BCUT2D eigenvalue weighted by atomic mass is 32.2. The lowest BCUT2D eigenvalue weighted by molar-refractivity contribution is 0.0928. The van der Waals surface area contributed by atoms with Crippen molar-refractivity contribution in [3.63, 3.8) is 0 Å². The van der Waals surface area contributed by atoms with E-state index in [0.29, 0.717) is 38.7 Å². The third kappa shape index (κ3) is 4.13. The van der Waals surface area contributed by atoms with Crippen molar-refractivity contribution in [1.82, 2.24) is 24.5 Å². The third-order valence-electron chi connectivity index (χ3n) is 6.21. The number of nitrogens with zero attached hydrogens (tertiary/aromatic N) is 4. The number of thioether (sulfide) groups is 1. The Hall–Kier alpha value is -3.20. The topological polar surface area (TPSA) is 81.3 Å². The highest BCUT2D eigenvalue weighted by Crippen LogP contribution is 2.26. The lowest BCUT2D eigenvalue weighted by Crippen LogP contribution is -2.36. The molecule has 0 unspecified atom stereocenters. The van der Waals surface area contributed by atoms with E-state index in [0.717, 1.165) is 25.7 Å². The monoisotopic (exact) mass is 465 g/mol. The average Bonchev–Trinajstić information content (AvgIpc) is 3.26. The minimum Gasteiger partial charge on any atom is -0.349 e. The van der Waals surface area contributed by atoms with Gasteiger partial charge in [-0.1, -0.05) is 49.2 Å². The summed E-state index contributed by atoms with van der Waals surface area (Å²) in [6.07, 6.45) is 5.45. The number of hydrogen-bond acceptors (Lipinski definition) is 5. The maximum Gasteiger partial charge on any atom is 0.262 e. The quantitative estimate of drug-likeness (QED) is 0.449. The Morgan fingerprint density at radius 3 is 2.73 bits per heavy atom. The zero-order valence-electron chi connectivity index (χ0n) is 18.3. The van der Waals surface area contributed by atoms with Gasteiger partial charge in [0.05, 0.1) is 10.9 Å². The van der Waals surface area contributed by atoms with Crippen molar-refractivity contribution < 1.29 is 9.18 Å². The van der Waals surface area contributed by atoms with Crippen LogP contribution in [0.3, 0.4) is 0 Å². The summed E-state index contributed by atoms with van der Waals surface area (Å²) >= 11 is 1.33. The number of carbonyl (C=O) groups is 1. The van der Waals surface area contributed by atoms with Crippen LogP contribution in [0.2, 0.25) is 0 Å². The van der Waals surface area contributed by atoms with Crippen molar-refractivity contribution in [3.8, 4) is 0 Å². The molecule has 0 aliphatic heterocycles. The molecule has 0 spiro atoms. The zero-order chi connectivity index (χ0) is 22.9. The Morgan fingerprint density at radius 2 is 1.94 bits per heavy atom. The van der Waals surface area contributed by atoms with E-state index in [1.54, 1.807) is 47.8 Å². The van der Waals surface area contributed by atoms with Crippen LogP contribution in [-0.2, 0) is 12.8 Å². The number of rotatable bonds is 5. The molecule has 1 saturated carbocycles. The molecule has 1 fully saturated rings. The summed E-state index contributed by atoms with van der Waals surface area (Å²) in [5, 5.41) is 12.6. The summed E-state index contributed by atoms with van der Waals surface area (Å²) in [7, 11) is 1.64. The summed E-state index contributed by atoms with van der Waals surface area (Å²) in [6, 6.07) is 11.9. The van der Waals surface area contributed by atoms with Gasteiger partial charge < -0.3 is 5.32 Å². The molecule has 0 bridgehead atoms. The number of benzene rings is 2. The first-order valence-electron chi connectivity index (χ1n) is 11.1. The maximum atomic E-state index is 14.1. The van der Waals surface area contributed by atoms with Crippen molar-refractivity contribution in [2.45, 2.75) is 49.1 Å². The lowest BCUT2D eigenvalue weighted by Gasteiger charge is -2.22. The van der Waals surface area contributed by atoms with Gasteiger partial charge in [-0.05, 0) is 42.7 Å². The predicted octanol–water partition coefficient (Wildman–Crippen LogP) is 4.08. The molecular formula is C24H24FN5O2S. The summed E-state index contributed by atoms with van der Waals surface area (Å²) in [5.41, 5.74) is 1.39. The SMILES string of the molecule is Cn1c(=O)c2ccc(C(=O)NC3CCCCC3)cc2n2c(SCc3ccccc3F)nnc12. The minimum atomic E-state index is -0.280. The van der Waals surface area contributed by atoms with Gasteiger partial charge in [-0.3, -0.25) is 18.6 Å². The van der Waals surface area contributed by atoms with Crippen molar-refractivity contribution in [3.05, 3.63) is 69.8 Å². The van der Waals surface area contributed by atoms with E-state index < -0.39 is 0 Å². The second-order valence-corrected chi connectivity index (χ2v) is 9.35. The third-order valence-corrected chi connectivity index (χ3v) is 7.18. The molecule has 1 N–H and O–H groups in total. The molecule has 1 aliphatic rings. The smallest absolute Gasteiger partial charge is 0.262 e. The minimum absolute atomic E-state index is 0.147. The molecule has 0 radical (unpaired) electrons. The molecule has 1 amide bonds. The first-order valence-corrected chi connectivity index (χ1v) is 12.1. The van der Waals surface area contributed by atoms with Crippen LogP contribution in [-0.4, -0.2) is 31.1 Å². The van der Waals surface area contributed by atoms with E-state index in [-0.39, 0.29) is 23.3 Å². The summed E-state index contributed by atoms with van der Waals surface area (Å²) in [4.78, 5) is 25.8. The van der Waals surface area contributed by atoms with Gasteiger partial charge in [0.15, 0.2) is 5.16 Å². The molecule has 5 rings (SSSR count). The highest BCUT2D eigenvalue weighted by molar-refractivity contribution is 7.98. The molecule has 2 aromatic heterocycles. The van der Waals surface area contributed by atoms with Crippen molar-refractivity contribution in [2.75, 3.05) is 0 Å². The van der Waals surface area contributed by atoms with Crippen LogP contribution in [0.15, 0.2) is 52.4 Å². The molecule has 4 aromatic rings. The van der Waals surface area contributed by atoms with Gasteiger partial charge >= 0.3 is 0 Å². The van der Waals surface area contributed by atoms with Crippen molar-refractivity contribution >= 4 is 34.3 Å². The molecule has 0 saturated heterocycles. The first kappa shape index (κ1) is 21.6. The molecule has 2 aromatic carbocycles. The molecule has 9 heteroatoms. The summed E-state index contributed by atoms with van der Waals surface area (Å²) < 4.78 is 17.3. The van der Waals surface area contributed by atoms with Crippen molar-refractivity contribution in [1.29, 1.82) is 0 Å². The Labute approximate surface area is 194 Å². The van der Waals surface area contributed by atoms with Crippen LogP contribution in [0.1, 0.15) is 48.0 Å². The Balaban J connectivity index is 1.54. The van der Waals surface area contributed by atoms with Gasteiger partial charge in [0.25, 0.3) is 11.5 Å². The van der Waals surface area contributed by atoms with Crippen LogP contribution in [0.25, 0.3) is 16.7 Å².